The first kappa shape index (κ1) is 23.1. The van der Waals surface area contributed by atoms with Gasteiger partial charge in [0.05, 0.1) is 17.1 Å². The molecule has 0 amide bonds. The molecule has 12 heteroatoms. The Hall–Kier alpha value is -4.71. The van der Waals surface area contributed by atoms with E-state index in [2.05, 4.69) is 25.5 Å². The van der Waals surface area contributed by atoms with Crippen molar-refractivity contribution >= 4 is 28.5 Å². The molecule has 2 N–H and O–H groups in total. The van der Waals surface area contributed by atoms with Crippen LogP contribution in [0.25, 0.3) is 11.5 Å². The van der Waals surface area contributed by atoms with E-state index in [0.29, 0.717) is 28.3 Å². The predicted octanol–water partition coefficient (Wildman–Crippen LogP) is 3.89. The smallest absolute Gasteiger partial charge is 0.286 e. The highest BCUT2D eigenvalue weighted by Gasteiger charge is 2.21. The number of para-hydroxylation sites is 1. The highest BCUT2D eigenvalue weighted by atomic mass is 32.1. The third-order valence-corrected chi connectivity index (χ3v) is 6.50. The first-order valence-electron chi connectivity index (χ1n) is 10.9. The molecule has 0 saturated heterocycles. The summed E-state index contributed by atoms with van der Waals surface area (Å²) in [5.41, 5.74) is 2.57. The molecule has 0 spiro atoms. The Morgan fingerprint density at radius 3 is 2.33 bits per heavy atom. The van der Waals surface area contributed by atoms with Crippen molar-refractivity contribution < 1.29 is 4.79 Å². The first-order valence-corrected chi connectivity index (χ1v) is 11.7. The van der Waals surface area contributed by atoms with Crippen LogP contribution in [0.2, 0.25) is 0 Å². The highest BCUT2D eigenvalue weighted by Crippen LogP contribution is 2.27. The predicted molar refractivity (Wildman–Crippen MR) is 134 cm³/mol. The highest BCUT2D eigenvalue weighted by molar-refractivity contribution is 7.11. The van der Waals surface area contributed by atoms with Crippen LogP contribution in [0.4, 0.5) is 11.4 Å². The maximum atomic E-state index is 13.2. The van der Waals surface area contributed by atoms with Crippen molar-refractivity contribution in [2.75, 3.05) is 0 Å². The number of carbonyl (C=O) groups excluding carboxylic acids is 1. The van der Waals surface area contributed by atoms with E-state index in [1.54, 1.807) is 49.8 Å². The number of aromatic nitrogens is 6. The van der Waals surface area contributed by atoms with Gasteiger partial charge in [-0.05, 0) is 26.0 Å². The fourth-order valence-electron chi connectivity index (χ4n) is 3.69. The largest absolute Gasteiger partial charge is 0.299 e. The van der Waals surface area contributed by atoms with E-state index in [4.69, 9.17) is 5.41 Å². The molecule has 11 nitrogen and oxygen atoms in total. The Morgan fingerprint density at radius 2 is 1.64 bits per heavy atom. The lowest BCUT2D eigenvalue weighted by Crippen LogP contribution is -2.19. The summed E-state index contributed by atoms with van der Waals surface area (Å²) in [5.74, 6) is -0.0776. The third-order valence-electron chi connectivity index (χ3n) is 5.68. The van der Waals surface area contributed by atoms with Gasteiger partial charge in [-0.25, -0.2) is 4.68 Å². The van der Waals surface area contributed by atoms with E-state index in [1.807, 2.05) is 36.4 Å². The average molecular weight is 500 g/mol. The first-order chi connectivity index (χ1) is 17.4. The summed E-state index contributed by atoms with van der Waals surface area (Å²) in [6, 6.07) is 18.0. The molecule has 0 fully saturated rings. The van der Waals surface area contributed by atoms with Crippen molar-refractivity contribution in [2.24, 2.45) is 17.3 Å². The van der Waals surface area contributed by atoms with Gasteiger partial charge >= 0.3 is 0 Å². The standard InChI is InChI=1S/C24H21N9O2S/c1-14-18(27-28-19-15(2)31(3)33(23(19)35)17-12-8-5-9-13-17)21(29-26-14)32-24(25)36-22(30-32)20(34)16-10-6-4-7-11-16/h4-13,25H,1-3H3,(H,26,29). The van der Waals surface area contributed by atoms with Crippen LogP contribution in [0.3, 0.4) is 0 Å². The number of aryl methyl sites for hydroxylation is 1. The summed E-state index contributed by atoms with van der Waals surface area (Å²) in [5, 5.41) is 28.5. The maximum Gasteiger partial charge on any atom is 0.299 e. The number of aromatic amines is 1. The zero-order valence-corrected chi connectivity index (χ0v) is 20.4. The number of nitrogens with zero attached hydrogens (tertiary/aromatic N) is 7. The Balaban J connectivity index is 1.54. The van der Waals surface area contributed by atoms with Crippen molar-refractivity contribution in [3.05, 3.63) is 97.8 Å². The van der Waals surface area contributed by atoms with Crippen LogP contribution in [0, 0.1) is 19.3 Å². The number of ketones is 1. The summed E-state index contributed by atoms with van der Waals surface area (Å²) in [6.07, 6.45) is 0. The molecule has 0 aliphatic heterocycles. The number of carbonyl (C=O) groups is 1. The quantitative estimate of drug-likeness (QED) is 0.270. The molecule has 0 saturated carbocycles. The maximum absolute atomic E-state index is 13.2. The number of azo groups is 1. The Labute approximate surface area is 208 Å². The van der Waals surface area contributed by atoms with Gasteiger partial charge in [-0.3, -0.25) is 24.8 Å². The summed E-state index contributed by atoms with van der Waals surface area (Å²) < 4.78 is 4.47. The summed E-state index contributed by atoms with van der Waals surface area (Å²) in [7, 11) is 1.78. The van der Waals surface area contributed by atoms with Crippen LogP contribution < -0.4 is 10.4 Å². The fourth-order valence-corrected chi connectivity index (χ4v) is 4.42. The van der Waals surface area contributed by atoms with E-state index < -0.39 is 0 Å². The van der Waals surface area contributed by atoms with Crippen molar-refractivity contribution in [1.82, 2.24) is 29.3 Å². The van der Waals surface area contributed by atoms with Gasteiger partial charge in [0.15, 0.2) is 16.4 Å². The van der Waals surface area contributed by atoms with Gasteiger partial charge in [-0.15, -0.1) is 15.3 Å². The number of hydrogen-bond acceptors (Lipinski definition) is 8. The van der Waals surface area contributed by atoms with Gasteiger partial charge in [0.25, 0.3) is 5.56 Å². The molecular formula is C24H21N9O2S. The molecule has 5 rings (SSSR count). The molecule has 3 heterocycles. The van der Waals surface area contributed by atoms with Crippen LogP contribution in [-0.4, -0.2) is 35.1 Å². The molecule has 2 aromatic carbocycles. The Bertz CT molecular complexity index is 1720. The van der Waals surface area contributed by atoms with Crippen molar-refractivity contribution in [2.45, 2.75) is 13.8 Å². The van der Waals surface area contributed by atoms with Crippen LogP contribution in [0.1, 0.15) is 26.8 Å². The van der Waals surface area contributed by atoms with Crippen LogP contribution in [0.5, 0.6) is 0 Å². The number of rotatable bonds is 6. The Kier molecular flexibility index (Phi) is 5.86. The number of H-pyrrole nitrogens is 1. The minimum absolute atomic E-state index is 0.000411. The summed E-state index contributed by atoms with van der Waals surface area (Å²) in [4.78, 5) is 26.0. The zero-order chi connectivity index (χ0) is 25.4. The van der Waals surface area contributed by atoms with Crippen LogP contribution >= 0.6 is 11.3 Å². The molecule has 36 heavy (non-hydrogen) atoms. The average Bonchev–Trinajstić information content (AvgIpc) is 3.52. The minimum Gasteiger partial charge on any atom is -0.286 e. The Morgan fingerprint density at radius 1 is 1.00 bits per heavy atom. The van der Waals surface area contributed by atoms with Gasteiger partial charge in [0.1, 0.15) is 0 Å². The monoisotopic (exact) mass is 499 g/mol. The van der Waals surface area contributed by atoms with Gasteiger partial charge < -0.3 is 0 Å². The number of nitrogens with one attached hydrogen (secondary N) is 2. The fraction of sp³-hybridized carbons (Fsp3) is 0.125. The van der Waals surface area contributed by atoms with Crippen molar-refractivity contribution in [3.8, 4) is 11.5 Å². The third kappa shape index (κ3) is 3.92. The topological polar surface area (TPSA) is 139 Å². The SMILES string of the molecule is Cc1[nH]nc(-n2nc(C(=O)c3ccccc3)sc2=N)c1N=Nc1c(C)n(C)n(-c2ccccc2)c1=O. The van der Waals surface area contributed by atoms with Gasteiger partial charge in [0.2, 0.25) is 16.4 Å². The molecular weight excluding hydrogens is 478 g/mol. The van der Waals surface area contributed by atoms with Gasteiger partial charge in [0, 0.05) is 12.6 Å². The van der Waals surface area contributed by atoms with Crippen LogP contribution in [0.15, 0.2) is 75.7 Å². The second-order valence-corrected chi connectivity index (χ2v) is 8.93. The normalized spacial score (nSPS) is 11.4. The molecule has 0 radical (unpaired) electrons. The molecule has 5 aromatic rings. The van der Waals surface area contributed by atoms with Gasteiger partial charge in [-0.2, -0.15) is 9.78 Å². The van der Waals surface area contributed by atoms with Gasteiger partial charge in [-0.1, -0.05) is 59.9 Å². The molecule has 180 valence electrons. The van der Waals surface area contributed by atoms with E-state index >= 15 is 0 Å². The second-order valence-electron chi connectivity index (χ2n) is 7.95. The van der Waals surface area contributed by atoms with E-state index in [0.717, 1.165) is 11.3 Å². The van der Waals surface area contributed by atoms with Crippen LogP contribution in [-0.2, 0) is 7.05 Å². The second kappa shape index (κ2) is 9.15. The van der Waals surface area contributed by atoms with E-state index in [1.165, 1.54) is 9.36 Å². The molecule has 0 bridgehead atoms. The van der Waals surface area contributed by atoms with Crippen molar-refractivity contribution in [1.29, 1.82) is 5.41 Å². The number of benzene rings is 2. The molecule has 3 aromatic heterocycles. The molecule has 0 unspecified atom stereocenters. The minimum atomic E-state index is -0.314. The molecule has 0 aliphatic carbocycles. The lowest BCUT2D eigenvalue weighted by molar-refractivity contribution is 0.103. The lowest BCUT2D eigenvalue weighted by atomic mass is 10.1. The van der Waals surface area contributed by atoms with E-state index in [-0.39, 0.29) is 32.7 Å². The molecule has 0 atom stereocenters. The number of hydrogen-bond donors (Lipinski definition) is 2. The molecule has 0 aliphatic rings. The zero-order valence-electron chi connectivity index (χ0n) is 19.6. The summed E-state index contributed by atoms with van der Waals surface area (Å²) in [6.45, 7) is 3.54. The van der Waals surface area contributed by atoms with Crippen molar-refractivity contribution in [3.63, 3.8) is 0 Å². The lowest BCUT2D eigenvalue weighted by Gasteiger charge is -2.07. The summed E-state index contributed by atoms with van der Waals surface area (Å²) >= 11 is 0.939. The van der Waals surface area contributed by atoms with E-state index in [9.17, 15) is 9.59 Å².